The Kier molecular flexibility index (Phi) is 5.33. The largest absolute Gasteiger partial charge is 0.451 e. The van der Waals surface area contributed by atoms with Gasteiger partial charge in [-0.2, -0.15) is 0 Å². The highest BCUT2D eigenvalue weighted by molar-refractivity contribution is 6.30. The van der Waals surface area contributed by atoms with Crippen LogP contribution >= 0.6 is 11.6 Å². The Balaban J connectivity index is 1.63. The van der Waals surface area contributed by atoms with Crippen LogP contribution in [0.2, 0.25) is 5.02 Å². The van der Waals surface area contributed by atoms with Gasteiger partial charge in [-0.25, -0.2) is 4.79 Å². The van der Waals surface area contributed by atoms with Crippen LogP contribution in [0, 0.1) is 10.1 Å². The van der Waals surface area contributed by atoms with E-state index in [0.29, 0.717) is 21.9 Å². The number of non-ortho nitro benzene ring substituents is 1. The Bertz CT molecular complexity index is 992. The van der Waals surface area contributed by atoms with Crippen molar-refractivity contribution in [2.45, 2.75) is 0 Å². The number of nitrogens with zero attached hydrogens (tertiary/aromatic N) is 1. The molecule has 0 atom stereocenters. The van der Waals surface area contributed by atoms with E-state index in [1.807, 2.05) is 0 Å². The van der Waals surface area contributed by atoms with Crippen molar-refractivity contribution < 1.29 is 23.7 Å². The molecule has 0 bridgehead atoms. The van der Waals surface area contributed by atoms with E-state index in [0.717, 1.165) is 0 Å². The highest BCUT2D eigenvalue weighted by atomic mass is 35.5. The summed E-state index contributed by atoms with van der Waals surface area (Å²) in [5.41, 5.74) is 0.890. The maximum absolute atomic E-state index is 12.0. The minimum absolute atomic E-state index is 0.0503. The van der Waals surface area contributed by atoms with Crippen LogP contribution < -0.4 is 0 Å². The molecule has 3 rings (SSSR count). The van der Waals surface area contributed by atoms with Gasteiger partial charge in [-0.1, -0.05) is 11.6 Å². The quantitative estimate of drug-likeness (QED) is 0.267. The summed E-state index contributed by atoms with van der Waals surface area (Å²) in [6.45, 7) is -0.436. The van der Waals surface area contributed by atoms with Crippen molar-refractivity contribution in [1.82, 2.24) is 0 Å². The lowest BCUT2D eigenvalue weighted by molar-refractivity contribution is -0.384. The highest BCUT2D eigenvalue weighted by Gasteiger charge is 2.16. The van der Waals surface area contributed by atoms with E-state index < -0.39 is 17.5 Å². The summed E-state index contributed by atoms with van der Waals surface area (Å²) in [6, 6.07) is 14.9. The summed E-state index contributed by atoms with van der Waals surface area (Å²) in [5, 5.41) is 11.2. The number of furan rings is 1. The van der Waals surface area contributed by atoms with E-state index in [1.165, 1.54) is 42.5 Å². The van der Waals surface area contributed by atoms with Crippen molar-refractivity contribution in [2.24, 2.45) is 0 Å². The van der Waals surface area contributed by atoms with Crippen LogP contribution in [0.4, 0.5) is 5.69 Å². The SMILES string of the molecule is O=C(COC(=O)c1ccc(-c2ccc([N+](=O)[O-])cc2)o1)c1ccc(Cl)cc1. The highest BCUT2D eigenvalue weighted by Crippen LogP contribution is 2.24. The zero-order valence-electron chi connectivity index (χ0n) is 13.8. The summed E-state index contributed by atoms with van der Waals surface area (Å²) in [4.78, 5) is 34.2. The van der Waals surface area contributed by atoms with Gasteiger partial charge < -0.3 is 9.15 Å². The number of esters is 1. The molecule has 0 radical (unpaired) electrons. The third-order valence-electron chi connectivity index (χ3n) is 3.67. The number of carbonyl (C=O) groups excluding carboxylic acids is 2. The average molecular weight is 386 g/mol. The first-order valence-corrected chi connectivity index (χ1v) is 8.12. The molecule has 0 saturated heterocycles. The summed E-state index contributed by atoms with van der Waals surface area (Å²) < 4.78 is 10.4. The number of ether oxygens (including phenoxy) is 1. The third-order valence-corrected chi connectivity index (χ3v) is 3.92. The average Bonchev–Trinajstić information content (AvgIpc) is 3.17. The molecule has 0 unspecified atom stereocenters. The van der Waals surface area contributed by atoms with E-state index in [9.17, 15) is 19.7 Å². The maximum atomic E-state index is 12.0. The predicted molar refractivity (Wildman–Crippen MR) is 96.9 cm³/mol. The normalized spacial score (nSPS) is 10.4. The van der Waals surface area contributed by atoms with E-state index in [2.05, 4.69) is 0 Å². The lowest BCUT2D eigenvalue weighted by Crippen LogP contribution is -2.13. The van der Waals surface area contributed by atoms with Gasteiger partial charge in [-0.05, 0) is 48.5 Å². The van der Waals surface area contributed by atoms with E-state index in [-0.39, 0.29) is 17.2 Å². The van der Waals surface area contributed by atoms with Crippen molar-refractivity contribution in [2.75, 3.05) is 6.61 Å². The second kappa shape index (κ2) is 7.84. The van der Waals surface area contributed by atoms with Crippen LogP contribution in [0.25, 0.3) is 11.3 Å². The monoisotopic (exact) mass is 385 g/mol. The number of nitro benzene ring substituents is 1. The first-order valence-electron chi connectivity index (χ1n) is 7.74. The Hall–Kier alpha value is -3.45. The Morgan fingerprint density at radius 3 is 2.30 bits per heavy atom. The fourth-order valence-electron chi connectivity index (χ4n) is 2.27. The fourth-order valence-corrected chi connectivity index (χ4v) is 2.40. The van der Waals surface area contributed by atoms with Crippen molar-refractivity contribution >= 4 is 29.0 Å². The van der Waals surface area contributed by atoms with Crippen molar-refractivity contribution in [3.63, 3.8) is 0 Å². The van der Waals surface area contributed by atoms with Crippen LogP contribution in [0.1, 0.15) is 20.9 Å². The number of halogens is 1. The minimum Gasteiger partial charge on any atom is -0.451 e. The van der Waals surface area contributed by atoms with Gasteiger partial charge in [0.25, 0.3) is 5.69 Å². The Labute approximate surface area is 158 Å². The van der Waals surface area contributed by atoms with Gasteiger partial charge in [0.1, 0.15) is 5.76 Å². The smallest absolute Gasteiger partial charge is 0.374 e. The lowest BCUT2D eigenvalue weighted by Gasteiger charge is -2.03. The molecule has 0 N–H and O–H groups in total. The molecule has 136 valence electrons. The molecular weight excluding hydrogens is 374 g/mol. The van der Waals surface area contributed by atoms with Gasteiger partial charge in [-0.3, -0.25) is 14.9 Å². The molecule has 0 spiro atoms. The summed E-state index contributed by atoms with van der Waals surface area (Å²) in [6.07, 6.45) is 0. The molecule has 0 saturated carbocycles. The van der Waals surface area contributed by atoms with Gasteiger partial charge in [-0.15, -0.1) is 0 Å². The number of rotatable bonds is 6. The van der Waals surface area contributed by atoms with Gasteiger partial charge >= 0.3 is 5.97 Å². The molecule has 1 aromatic heterocycles. The molecule has 0 amide bonds. The Morgan fingerprint density at radius 1 is 1.00 bits per heavy atom. The second-order valence-corrected chi connectivity index (χ2v) is 5.91. The van der Waals surface area contributed by atoms with Gasteiger partial charge in [0.15, 0.2) is 12.4 Å². The number of hydrogen-bond donors (Lipinski definition) is 0. The van der Waals surface area contributed by atoms with Gasteiger partial charge in [0, 0.05) is 28.3 Å². The number of Topliss-reactive ketones (excluding diaryl/α,β-unsaturated/α-hetero) is 1. The van der Waals surface area contributed by atoms with Crippen LogP contribution in [0.5, 0.6) is 0 Å². The van der Waals surface area contributed by atoms with E-state index >= 15 is 0 Å². The van der Waals surface area contributed by atoms with Crippen LogP contribution in [-0.4, -0.2) is 23.3 Å². The summed E-state index contributed by atoms with van der Waals surface area (Å²) in [7, 11) is 0. The predicted octanol–water partition coefficient (Wildman–Crippen LogP) is 4.55. The van der Waals surface area contributed by atoms with Crippen molar-refractivity contribution in [3.05, 3.63) is 87.1 Å². The maximum Gasteiger partial charge on any atom is 0.374 e. The Morgan fingerprint density at radius 2 is 1.67 bits per heavy atom. The molecule has 0 aliphatic rings. The van der Waals surface area contributed by atoms with Gasteiger partial charge in [0.05, 0.1) is 4.92 Å². The molecule has 0 aliphatic carbocycles. The van der Waals surface area contributed by atoms with E-state index in [4.69, 9.17) is 20.8 Å². The third kappa shape index (κ3) is 4.39. The fraction of sp³-hybridized carbons (Fsp3) is 0.0526. The van der Waals surface area contributed by atoms with Crippen LogP contribution in [-0.2, 0) is 4.74 Å². The zero-order valence-corrected chi connectivity index (χ0v) is 14.5. The molecule has 27 heavy (non-hydrogen) atoms. The summed E-state index contributed by atoms with van der Waals surface area (Å²) in [5.74, 6) is -0.888. The summed E-state index contributed by atoms with van der Waals surface area (Å²) >= 11 is 5.76. The zero-order chi connectivity index (χ0) is 19.4. The van der Waals surface area contributed by atoms with Crippen molar-refractivity contribution in [1.29, 1.82) is 0 Å². The number of nitro groups is 1. The van der Waals surface area contributed by atoms with E-state index in [1.54, 1.807) is 18.2 Å². The number of hydrogen-bond acceptors (Lipinski definition) is 6. The van der Waals surface area contributed by atoms with Crippen LogP contribution in [0.3, 0.4) is 0 Å². The molecule has 2 aromatic carbocycles. The minimum atomic E-state index is -0.787. The molecule has 8 heteroatoms. The topological polar surface area (TPSA) is 99.7 Å². The molecule has 7 nitrogen and oxygen atoms in total. The second-order valence-electron chi connectivity index (χ2n) is 5.47. The lowest BCUT2D eigenvalue weighted by atomic mass is 10.1. The molecule has 0 fully saturated rings. The van der Waals surface area contributed by atoms with Crippen molar-refractivity contribution in [3.8, 4) is 11.3 Å². The molecular formula is C19H12ClNO6. The first-order chi connectivity index (χ1) is 12.9. The standard InChI is InChI=1S/C19H12ClNO6/c20-14-5-1-12(2-6-14)16(22)11-26-19(23)18-10-9-17(27-18)13-3-7-15(8-4-13)21(24)25/h1-10H,11H2. The molecule has 3 aromatic rings. The van der Waals surface area contributed by atoms with Crippen LogP contribution in [0.15, 0.2) is 65.1 Å². The number of ketones is 1. The molecule has 0 aliphatic heterocycles. The number of carbonyl (C=O) groups is 2. The van der Waals surface area contributed by atoms with Gasteiger partial charge in [0.2, 0.25) is 5.76 Å². The number of benzene rings is 2. The molecule has 1 heterocycles. The first kappa shape index (κ1) is 18.3.